The number of rotatable bonds is 9. The molecule has 0 aliphatic carbocycles. The topological polar surface area (TPSA) is 20.2 Å². The molecule has 0 saturated heterocycles. The van der Waals surface area contributed by atoms with Gasteiger partial charge in [0.15, 0.2) is 0 Å². The maximum absolute atomic E-state index is 9.46. The minimum Gasteiger partial charge on any atom is -0.393 e. The minimum absolute atomic E-state index is 0.0642. The number of unbranched alkanes of at least 4 members (excludes halogenated alkanes) is 5. The van der Waals surface area contributed by atoms with E-state index in [9.17, 15) is 5.11 Å². The second-order valence-corrected chi connectivity index (χ2v) is 3.95. The molecule has 82 valence electrons. The molecule has 0 spiro atoms. The summed E-state index contributed by atoms with van der Waals surface area (Å²) in [6.07, 6.45) is 15.1. The van der Waals surface area contributed by atoms with Crippen LogP contribution in [-0.2, 0) is 0 Å². The summed E-state index contributed by atoms with van der Waals surface area (Å²) in [6.45, 7) is 2.11. The Bertz CT molecular complexity index is 146. The van der Waals surface area contributed by atoms with Crippen molar-refractivity contribution in [2.75, 3.05) is 0 Å². The summed E-state index contributed by atoms with van der Waals surface area (Å²) in [5.41, 5.74) is 0. The van der Waals surface area contributed by atoms with Crippen LogP contribution in [0, 0.1) is 12.3 Å². The van der Waals surface area contributed by atoms with Crippen molar-refractivity contribution >= 4 is 0 Å². The smallest absolute Gasteiger partial charge is 0.0540 e. The van der Waals surface area contributed by atoms with Gasteiger partial charge >= 0.3 is 0 Å². The molecule has 0 rings (SSSR count). The van der Waals surface area contributed by atoms with E-state index in [2.05, 4.69) is 12.8 Å². The Morgan fingerprint density at radius 2 is 1.71 bits per heavy atom. The molecule has 0 aromatic rings. The van der Waals surface area contributed by atoms with E-state index in [0.717, 1.165) is 38.5 Å². The van der Waals surface area contributed by atoms with Crippen LogP contribution in [0.5, 0.6) is 0 Å². The normalized spacial score (nSPS) is 12.4. The molecular weight excluding hydrogens is 172 g/mol. The first kappa shape index (κ1) is 13.5. The Balaban J connectivity index is 3.02. The third kappa shape index (κ3) is 9.61. The number of terminal acetylenes is 1. The molecular formula is C13H24O. The molecule has 1 N–H and O–H groups in total. The van der Waals surface area contributed by atoms with Crippen LogP contribution in [0.2, 0.25) is 0 Å². The van der Waals surface area contributed by atoms with Gasteiger partial charge in [-0.25, -0.2) is 0 Å². The van der Waals surface area contributed by atoms with Crippen molar-refractivity contribution in [2.45, 2.75) is 70.8 Å². The van der Waals surface area contributed by atoms with Crippen LogP contribution >= 0.6 is 0 Å². The lowest BCUT2D eigenvalue weighted by Crippen LogP contribution is -2.04. The molecule has 0 saturated carbocycles. The van der Waals surface area contributed by atoms with Crippen LogP contribution in [0.4, 0.5) is 0 Å². The minimum atomic E-state index is -0.0642. The highest BCUT2D eigenvalue weighted by Crippen LogP contribution is 2.10. The van der Waals surface area contributed by atoms with Gasteiger partial charge in [-0.3, -0.25) is 0 Å². The van der Waals surface area contributed by atoms with Gasteiger partial charge in [0.05, 0.1) is 6.10 Å². The third-order valence-corrected chi connectivity index (χ3v) is 2.48. The molecule has 1 atom stereocenters. The first-order chi connectivity index (χ1) is 6.81. The van der Waals surface area contributed by atoms with Crippen molar-refractivity contribution in [3.8, 4) is 12.3 Å². The second-order valence-electron chi connectivity index (χ2n) is 3.95. The monoisotopic (exact) mass is 196 g/mol. The van der Waals surface area contributed by atoms with Gasteiger partial charge in [-0.15, -0.1) is 12.3 Å². The zero-order valence-corrected chi connectivity index (χ0v) is 9.47. The van der Waals surface area contributed by atoms with Gasteiger partial charge in [0.1, 0.15) is 0 Å². The lowest BCUT2D eigenvalue weighted by Gasteiger charge is -2.08. The summed E-state index contributed by atoms with van der Waals surface area (Å²) in [4.78, 5) is 0. The fourth-order valence-electron chi connectivity index (χ4n) is 1.61. The van der Waals surface area contributed by atoms with E-state index in [0.29, 0.717) is 0 Å². The molecule has 0 aliphatic rings. The van der Waals surface area contributed by atoms with Gasteiger partial charge in [0, 0.05) is 6.42 Å². The SMILES string of the molecule is C#CCCCCCCCC(O)CCC. The Labute approximate surface area is 88.9 Å². The zero-order chi connectivity index (χ0) is 10.6. The van der Waals surface area contributed by atoms with E-state index in [1.54, 1.807) is 0 Å². The fraction of sp³-hybridized carbons (Fsp3) is 0.846. The molecule has 1 heteroatoms. The van der Waals surface area contributed by atoms with Gasteiger partial charge in [0.25, 0.3) is 0 Å². The van der Waals surface area contributed by atoms with Crippen molar-refractivity contribution < 1.29 is 5.11 Å². The number of hydrogen-bond donors (Lipinski definition) is 1. The molecule has 14 heavy (non-hydrogen) atoms. The largest absolute Gasteiger partial charge is 0.393 e. The summed E-state index contributed by atoms with van der Waals surface area (Å²) >= 11 is 0. The first-order valence-electron chi connectivity index (χ1n) is 5.92. The molecule has 0 heterocycles. The molecule has 0 radical (unpaired) electrons. The molecule has 0 aliphatic heterocycles. The highest BCUT2D eigenvalue weighted by molar-refractivity contribution is 4.82. The van der Waals surface area contributed by atoms with E-state index >= 15 is 0 Å². The van der Waals surface area contributed by atoms with E-state index in [-0.39, 0.29) is 6.10 Å². The van der Waals surface area contributed by atoms with Crippen LogP contribution in [0.1, 0.15) is 64.7 Å². The standard InChI is InChI=1S/C13H24O/c1-3-5-6-7-8-9-10-12-13(14)11-4-2/h1,13-14H,4-12H2,2H3. The van der Waals surface area contributed by atoms with Gasteiger partial charge in [-0.05, 0) is 19.3 Å². The third-order valence-electron chi connectivity index (χ3n) is 2.48. The Morgan fingerprint density at radius 1 is 1.07 bits per heavy atom. The molecule has 1 unspecified atom stereocenters. The van der Waals surface area contributed by atoms with Gasteiger partial charge < -0.3 is 5.11 Å². The number of aliphatic hydroxyl groups is 1. The summed E-state index contributed by atoms with van der Waals surface area (Å²) in [7, 11) is 0. The van der Waals surface area contributed by atoms with Crippen LogP contribution in [0.15, 0.2) is 0 Å². The van der Waals surface area contributed by atoms with Crippen molar-refractivity contribution in [3.05, 3.63) is 0 Å². The van der Waals surface area contributed by atoms with Gasteiger partial charge in [0.2, 0.25) is 0 Å². The van der Waals surface area contributed by atoms with Crippen LogP contribution in [-0.4, -0.2) is 11.2 Å². The van der Waals surface area contributed by atoms with Gasteiger partial charge in [-0.1, -0.05) is 39.0 Å². The summed E-state index contributed by atoms with van der Waals surface area (Å²) < 4.78 is 0. The molecule has 0 amide bonds. The Morgan fingerprint density at radius 3 is 2.36 bits per heavy atom. The maximum Gasteiger partial charge on any atom is 0.0540 e. The fourth-order valence-corrected chi connectivity index (χ4v) is 1.61. The zero-order valence-electron chi connectivity index (χ0n) is 9.47. The average Bonchev–Trinajstić information content (AvgIpc) is 2.17. The highest BCUT2D eigenvalue weighted by atomic mass is 16.3. The van der Waals surface area contributed by atoms with Crippen molar-refractivity contribution in [1.82, 2.24) is 0 Å². The molecule has 0 bridgehead atoms. The van der Waals surface area contributed by atoms with Crippen LogP contribution in [0.25, 0.3) is 0 Å². The summed E-state index contributed by atoms with van der Waals surface area (Å²) in [6, 6.07) is 0. The lowest BCUT2D eigenvalue weighted by atomic mass is 10.0. The van der Waals surface area contributed by atoms with E-state index in [1.807, 2.05) is 0 Å². The summed E-state index contributed by atoms with van der Waals surface area (Å²) in [5.74, 6) is 2.65. The molecule has 0 fully saturated rings. The average molecular weight is 196 g/mol. The quantitative estimate of drug-likeness (QED) is 0.442. The van der Waals surface area contributed by atoms with Crippen molar-refractivity contribution in [3.63, 3.8) is 0 Å². The Kier molecular flexibility index (Phi) is 10.2. The first-order valence-corrected chi connectivity index (χ1v) is 5.92. The van der Waals surface area contributed by atoms with Crippen molar-refractivity contribution in [2.24, 2.45) is 0 Å². The number of hydrogen-bond acceptors (Lipinski definition) is 1. The van der Waals surface area contributed by atoms with Crippen molar-refractivity contribution in [1.29, 1.82) is 0 Å². The summed E-state index contributed by atoms with van der Waals surface area (Å²) in [5, 5.41) is 9.46. The van der Waals surface area contributed by atoms with E-state index in [4.69, 9.17) is 6.42 Å². The van der Waals surface area contributed by atoms with Gasteiger partial charge in [-0.2, -0.15) is 0 Å². The second kappa shape index (κ2) is 10.6. The molecule has 0 aromatic carbocycles. The molecule has 1 nitrogen and oxygen atoms in total. The Hall–Kier alpha value is -0.480. The maximum atomic E-state index is 9.46. The van der Waals surface area contributed by atoms with E-state index < -0.39 is 0 Å². The highest BCUT2D eigenvalue weighted by Gasteiger charge is 2.01. The number of aliphatic hydroxyl groups excluding tert-OH is 1. The van der Waals surface area contributed by atoms with E-state index in [1.165, 1.54) is 19.3 Å². The molecule has 0 aromatic heterocycles. The predicted octanol–water partition coefficient (Wildman–Crippen LogP) is 3.51. The van der Waals surface area contributed by atoms with Crippen LogP contribution in [0.3, 0.4) is 0 Å². The lowest BCUT2D eigenvalue weighted by molar-refractivity contribution is 0.150. The predicted molar refractivity (Wildman–Crippen MR) is 62.1 cm³/mol. The van der Waals surface area contributed by atoms with Crippen LogP contribution < -0.4 is 0 Å².